The number of halogens is 1. The number of rotatable bonds is 5. The average Bonchev–Trinajstić information content (AvgIpc) is 3.37. The van der Waals surface area contributed by atoms with E-state index in [0.29, 0.717) is 37.1 Å². The van der Waals surface area contributed by atoms with Crippen LogP contribution >= 0.6 is 0 Å². The van der Waals surface area contributed by atoms with Crippen LogP contribution < -0.4 is 5.32 Å². The minimum absolute atomic E-state index is 0.0307. The number of piperidine rings is 1. The molecule has 1 atom stereocenters. The Morgan fingerprint density at radius 2 is 1.58 bits per heavy atom. The number of likely N-dealkylation sites (tertiary alicyclic amines) is 2. The third-order valence-electron chi connectivity index (χ3n) is 6.64. The molecule has 0 radical (unpaired) electrons. The molecule has 33 heavy (non-hydrogen) atoms. The summed E-state index contributed by atoms with van der Waals surface area (Å²) in [6, 6.07) is 12.3. The molecule has 0 bridgehead atoms. The highest BCUT2D eigenvalue weighted by molar-refractivity contribution is 5.98. The fourth-order valence-electron chi connectivity index (χ4n) is 4.74. The van der Waals surface area contributed by atoms with E-state index < -0.39 is 6.04 Å². The highest BCUT2D eigenvalue weighted by Gasteiger charge is 2.37. The third kappa shape index (κ3) is 5.41. The molecule has 1 N–H and O–H groups in total. The average molecular weight is 452 g/mol. The van der Waals surface area contributed by atoms with E-state index in [0.717, 1.165) is 31.5 Å². The maximum absolute atomic E-state index is 13.3. The number of hydrogen-bond donors (Lipinski definition) is 1. The van der Waals surface area contributed by atoms with Gasteiger partial charge in [-0.25, -0.2) is 4.39 Å². The quantitative estimate of drug-likeness (QED) is 0.758. The molecule has 0 saturated carbocycles. The molecule has 2 saturated heterocycles. The fourth-order valence-corrected chi connectivity index (χ4v) is 4.74. The molecule has 0 unspecified atom stereocenters. The number of carbonyl (C=O) groups excluding carboxylic acids is 3. The molecule has 2 aliphatic heterocycles. The number of benzene rings is 2. The molecule has 7 heteroatoms. The lowest BCUT2D eigenvalue weighted by Gasteiger charge is -2.37. The lowest BCUT2D eigenvalue weighted by Crippen LogP contribution is -2.54. The Balaban J connectivity index is 1.45. The fraction of sp³-hybridized carbons (Fsp3) is 0.423. The van der Waals surface area contributed by atoms with Crippen LogP contribution in [0.25, 0.3) is 0 Å². The van der Waals surface area contributed by atoms with E-state index in [2.05, 4.69) is 5.32 Å². The summed E-state index contributed by atoms with van der Waals surface area (Å²) in [5, 5.41) is 3.01. The summed E-state index contributed by atoms with van der Waals surface area (Å²) >= 11 is 0. The van der Waals surface area contributed by atoms with Gasteiger partial charge in [-0.15, -0.1) is 0 Å². The van der Waals surface area contributed by atoms with Crippen LogP contribution in [0.4, 0.5) is 4.39 Å². The van der Waals surface area contributed by atoms with Crippen molar-refractivity contribution in [1.29, 1.82) is 0 Å². The van der Waals surface area contributed by atoms with Gasteiger partial charge in [-0.2, -0.15) is 0 Å². The van der Waals surface area contributed by atoms with E-state index in [4.69, 9.17) is 0 Å². The first-order valence-electron chi connectivity index (χ1n) is 11.6. The highest BCUT2D eigenvalue weighted by Crippen LogP contribution is 2.25. The van der Waals surface area contributed by atoms with Crippen LogP contribution in [-0.4, -0.2) is 59.7 Å². The summed E-state index contributed by atoms with van der Waals surface area (Å²) in [7, 11) is 0. The van der Waals surface area contributed by atoms with Crippen molar-refractivity contribution in [2.24, 2.45) is 5.92 Å². The monoisotopic (exact) mass is 451 g/mol. The maximum Gasteiger partial charge on any atom is 0.253 e. The summed E-state index contributed by atoms with van der Waals surface area (Å²) in [6.07, 6.45) is 3.19. The molecule has 2 aliphatic rings. The van der Waals surface area contributed by atoms with Crippen molar-refractivity contribution in [3.8, 4) is 0 Å². The molecule has 3 amide bonds. The number of nitrogens with one attached hydrogen (secondary N) is 1. The lowest BCUT2D eigenvalue weighted by atomic mass is 9.88. The van der Waals surface area contributed by atoms with Gasteiger partial charge in [0.05, 0.1) is 0 Å². The second-order valence-electron chi connectivity index (χ2n) is 8.99. The van der Waals surface area contributed by atoms with E-state index in [9.17, 15) is 18.8 Å². The van der Waals surface area contributed by atoms with Gasteiger partial charge in [0, 0.05) is 37.3 Å². The molecule has 2 fully saturated rings. The largest absolute Gasteiger partial charge is 0.341 e. The zero-order valence-corrected chi connectivity index (χ0v) is 18.9. The predicted molar refractivity (Wildman–Crippen MR) is 123 cm³/mol. The van der Waals surface area contributed by atoms with E-state index in [-0.39, 0.29) is 29.5 Å². The van der Waals surface area contributed by atoms with Crippen molar-refractivity contribution in [3.05, 3.63) is 71.0 Å². The molecule has 2 aromatic carbocycles. The Bertz CT molecular complexity index is 1010. The number of hydrogen-bond acceptors (Lipinski definition) is 3. The first kappa shape index (κ1) is 23.0. The molecule has 2 aromatic rings. The van der Waals surface area contributed by atoms with Crippen LogP contribution in [-0.2, 0) is 4.79 Å². The second kappa shape index (κ2) is 10.1. The summed E-state index contributed by atoms with van der Waals surface area (Å²) < 4.78 is 13.2. The van der Waals surface area contributed by atoms with Crippen LogP contribution in [0.3, 0.4) is 0 Å². The second-order valence-corrected chi connectivity index (χ2v) is 8.99. The molecule has 0 aliphatic carbocycles. The van der Waals surface area contributed by atoms with Crippen molar-refractivity contribution in [2.75, 3.05) is 26.2 Å². The van der Waals surface area contributed by atoms with Crippen molar-refractivity contribution in [1.82, 2.24) is 15.1 Å². The molecule has 6 nitrogen and oxygen atoms in total. The van der Waals surface area contributed by atoms with Crippen molar-refractivity contribution in [3.63, 3.8) is 0 Å². The number of amides is 3. The Labute approximate surface area is 193 Å². The summed E-state index contributed by atoms with van der Waals surface area (Å²) in [4.78, 5) is 42.7. The first-order valence-corrected chi connectivity index (χ1v) is 11.6. The van der Waals surface area contributed by atoms with Crippen molar-refractivity contribution in [2.45, 2.75) is 38.6 Å². The van der Waals surface area contributed by atoms with Crippen molar-refractivity contribution >= 4 is 17.7 Å². The maximum atomic E-state index is 13.3. The zero-order valence-electron chi connectivity index (χ0n) is 18.9. The third-order valence-corrected chi connectivity index (χ3v) is 6.64. The van der Waals surface area contributed by atoms with Gasteiger partial charge in [0.15, 0.2) is 0 Å². The van der Waals surface area contributed by atoms with Gasteiger partial charge in [-0.05, 0) is 74.9 Å². The van der Waals surface area contributed by atoms with E-state index >= 15 is 0 Å². The number of aryl methyl sites for hydroxylation is 1. The molecule has 0 aromatic heterocycles. The van der Waals surface area contributed by atoms with Gasteiger partial charge >= 0.3 is 0 Å². The minimum atomic E-state index is -0.612. The van der Waals surface area contributed by atoms with Gasteiger partial charge in [-0.3, -0.25) is 14.4 Å². The predicted octanol–water partition coefficient (Wildman–Crippen LogP) is 3.41. The van der Waals surface area contributed by atoms with Gasteiger partial charge in [0.25, 0.3) is 11.8 Å². The SMILES string of the molecule is Cc1cccc(C(=O)N[C@@H](C(=O)N2CCCC2)C2CCN(C(=O)c3ccc(F)cc3)CC2)c1. The normalized spacial score (nSPS) is 17.6. The molecular weight excluding hydrogens is 421 g/mol. The number of nitrogens with zero attached hydrogens (tertiary/aromatic N) is 2. The summed E-state index contributed by atoms with van der Waals surface area (Å²) in [6.45, 7) is 4.35. The highest BCUT2D eigenvalue weighted by atomic mass is 19.1. The Kier molecular flexibility index (Phi) is 7.06. The molecule has 174 valence electrons. The first-order chi connectivity index (χ1) is 15.9. The number of carbonyl (C=O) groups is 3. The van der Waals surface area contributed by atoms with Gasteiger partial charge in [0.1, 0.15) is 11.9 Å². The summed E-state index contributed by atoms with van der Waals surface area (Å²) in [5.41, 5.74) is 1.98. The topological polar surface area (TPSA) is 69.7 Å². The smallest absolute Gasteiger partial charge is 0.253 e. The van der Waals surface area contributed by atoms with Gasteiger partial charge in [-0.1, -0.05) is 17.7 Å². The van der Waals surface area contributed by atoms with Gasteiger partial charge in [0.2, 0.25) is 5.91 Å². The van der Waals surface area contributed by atoms with E-state index in [1.807, 2.05) is 30.0 Å². The van der Waals surface area contributed by atoms with Crippen LogP contribution in [0.5, 0.6) is 0 Å². The minimum Gasteiger partial charge on any atom is -0.341 e. The molecular formula is C26H30FN3O3. The molecule has 4 rings (SSSR count). The van der Waals surface area contributed by atoms with Crippen LogP contribution in [0.2, 0.25) is 0 Å². The summed E-state index contributed by atoms with van der Waals surface area (Å²) in [5.74, 6) is -0.848. The standard InChI is InChI=1S/C26H30FN3O3/c1-18-5-4-6-21(17-18)24(31)28-23(26(33)29-13-2-3-14-29)19-11-15-30(16-12-19)25(32)20-7-9-22(27)10-8-20/h4-10,17,19,23H,2-3,11-16H2,1H3,(H,28,31)/t23-/m1/s1. The van der Waals surface area contributed by atoms with Crippen molar-refractivity contribution < 1.29 is 18.8 Å². The molecule has 2 heterocycles. The Morgan fingerprint density at radius 1 is 0.909 bits per heavy atom. The molecule has 0 spiro atoms. The van der Waals surface area contributed by atoms with Crippen LogP contribution in [0.1, 0.15) is 52.0 Å². The van der Waals surface area contributed by atoms with Crippen LogP contribution in [0.15, 0.2) is 48.5 Å². The Morgan fingerprint density at radius 3 is 2.21 bits per heavy atom. The van der Waals surface area contributed by atoms with Crippen LogP contribution in [0, 0.1) is 18.7 Å². The zero-order chi connectivity index (χ0) is 23.4. The van der Waals surface area contributed by atoms with E-state index in [1.165, 1.54) is 24.3 Å². The van der Waals surface area contributed by atoms with Gasteiger partial charge < -0.3 is 15.1 Å². The lowest BCUT2D eigenvalue weighted by molar-refractivity contribution is -0.134. The Hall–Kier alpha value is -3.22. The van der Waals surface area contributed by atoms with E-state index in [1.54, 1.807) is 11.0 Å².